The number of hydrogen-bond donors (Lipinski definition) is 3. The number of carbonyl (C=O) groups is 2. The summed E-state index contributed by atoms with van der Waals surface area (Å²) in [6, 6.07) is 10.6. The van der Waals surface area contributed by atoms with Gasteiger partial charge in [-0.25, -0.2) is 4.79 Å². The van der Waals surface area contributed by atoms with Crippen LogP contribution >= 0.6 is 0 Å². The van der Waals surface area contributed by atoms with Gasteiger partial charge in [-0.2, -0.15) is 0 Å². The smallest absolute Gasteiger partial charge is 0.358 e. The second kappa shape index (κ2) is 9.17. The number of Topliss-reactive ketones (excluding diaryl/α,β-unsaturated/α-hetero) is 1. The number of carboxylic acids is 1. The van der Waals surface area contributed by atoms with Crippen LogP contribution in [0.1, 0.15) is 46.7 Å². The van der Waals surface area contributed by atoms with E-state index in [-0.39, 0.29) is 46.5 Å². The largest absolute Gasteiger partial charge is 0.507 e. The number of hydrogen-bond acceptors (Lipinski definition) is 7. The van der Waals surface area contributed by atoms with E-state index in [1.807, 2.05) is 0 Å². The fourth-order valence-electron chi connectivity index (χ4n) is 2.91. The lowest BCUT2D eigenvalue weighted by atomic mass is 10.1. The molecule has 0 fully saturated rings. The molecule has 0 saturated carbocycles. The number of rotatable bonds is 8. The van der Waals surface area contributed by atoms with Crippen molar-refractivity contribution in [3.05, 3.63) is 65.4 Å². The number of nitrogens with zero attached hydrogens (tertiary/aromatic N) is 1. The summed E-state index contributed by atoms with van der Waals surface area (Å²) in [7, 11) is 0. The molecule has 1 unspecified atom stereocenters. The van der Waals surface area contributed by atoms with Crippen LogP contribution in [0.5, 0.6) is 17.2 Å². The summed E-state index contributed by atoms with van der Waals surface area (Å²) in [4.78, 5) is 23.1. The average Bonchev–Trinajstić information content (AvgIpc) is 3.23. The van der Waals surface area contributed by atoms with Crippen molar-refractivity contribution < 1.29 is 34.2 Å². The van der Waals surface area contributed by atoms with Crippen LogP contribution in [0, 0.1) is 0 Å². The lowest BCUT2D eigenvalue weighted by molar-refractivity contribution is 0.0685. The summed E-state index contributed by atoms with van der Waals surface area (Å²) < 4.78 is 10.9. The zero-order valence-corrected chi connectivity index (χ0v) is 16.9. The molecular weight excluding hydrogens is 402 g/mol. The van der Waals surface area contributed by atoms with Crippen LogP contribution in [0.2, 0.25) is 0 Å². The second-order valence-electron chi connectivity index (χ2n) is 6.76. The highest BCUT2D eigenvalue weighted by atomic mass is 16.5. The zero-order chi connectivity index (χ0) is 22.5. The van der Waals surface area contributed by atoms with E-state index in [9.17, 15) is 19.8 Å². The van der Waals surface area contributed by atoms with Gasteiger partial charge in [-0.05, 0) is 43.3 Å². The highest BCUT2D eigenvalue weighted by molar-refractivity contribution is 6.01. The SMILES string of the molecule is CCC(=O)c1c(O)cccc1OC(C)/C=C/c1cc(-c2cc(C(=O)O)no2)ccc1O. The molecule has 2 aromatic carbocycles. The van der Waals surface area contributed by atoms with E-state index in [4.69, 9.17) is 14.4 Å². The first-order valence-electron chi connectivity index (χ1n) is 9.53. The van der Waals surface area contributed by atoms with Crippen molar-refractivity contribution in [1.29, 1.82) is 0 Å². The van der Waals surface area contributed by atoms with Gasteiger partial charge in [-0.3, -0.25) is 4.79 Å². The van der Waals surface area contributed by atoms with Gasteiger partial charge in [0.2, 0.25) is 0 Å². The second-order valence-corrected chi connectivity index (χ2v) is 6.76. The lowest BCUT2D eigenvalue weighted by Gasteiger charge is -2.15. The van der Waals surface area contributed by atoms with Gasteiger partial charge >= 0.3 is 5.97 Å². The molecule has 8 nitrogen and oxygen atoms in total. The molecule has 0 bridgehead atoms. The monoisotopic (exact) mass is 423 g/mol. The average molecular weight is 423 g/mol. The molecule has 3 rings (SSSR count). The zero-order valence-electron chi connectivity index (χ0n) is 16.9. The minimum absolute atomic E-state index is 0.00405. The van der Waals surface area contributed by atoms with Crippen LogP contribution < -0.4 is 4.74 Å². The molecule has 0 amide bonds. The van der Waals surface area contributed by atoms with E-state index in [0.717, 1.165) is 0 Å². The quantitative estimate of drug-likeness (QED) is 0.451. The Morgan fingerprint density at radius 3 is 2.61 bits per heavy atom. The molecule has 31 heavy (non-hydrogen) atoms. The Bertz CT molecular complexity index is 1150. The Morgan fingerprint density at radius 2 is 1.94 bits per heavy atom. The molecule has 3 N–H and O–H groups in total. The topological polar surface area (TPSA) is 130 Å². The molecule has 160 valence electrons. The Labute approximate surface area is 178 Å². The summed E-state index contributed by atoms with van der Waals surface area (Å²) >= 11 is 0. The highest BCUT2D eigenvalue weighted by Crippen LogP contribution is 2.31. The van der Waals surface area contributed by atoms with Gasteiger partial charge in [0.15, 0.2) is 17.2 Å². The van der Waals surface area contributed by atoms with E-state index < -0.39 is 12.1 Å². The Balaban J connectivity index is 1.81. The normalized spacial score (nSPS) is 12.1. The Kier molecular flexibility index (Phi) is 6.40. The van der Waals surface area contributed by atoms with Crippen molar-refractivity contribution in [3.63, 3.8) is 0 Å². The maximum atomic E-state index is 12.1. The predicted octanol–water partition coefficient (Wildman–Crippen LogP) is 4.52. The Hall–Kier alpha value is -4.07. The van der Waals surface area contributed by atoms with Crippen LogP contribution in [0.3, 0.4) is 0 Å². The number of phenolic OH excluding ortho intramolecular Hbond substituents is 2. The number of phenols is 2. The molecule has 1 atom stereocenters. The van der Waals surface area contributed by atoms with Gasteiger partial charge in [-0.15, -0.1) is 0 Å². The van der Waals surface area contributed by atoms with Gasteiger partial charge < -0.3 is 24.6 Å². The van der Waals surface area contributed by atoms with Gasteiger partial charge in [0, 0.05) is 23.6 Å². The van der Waals surface area contributed by atoms with Crippen LogP contribution in [-0.4, -0.2) is 38.3 Å². The Morgan fingerprint density at radius 1 is 1.16 bits per heavy atom. The number of aromatic carboxylic acids is 1. The number of ether oxygens (including phenoxy) is 1. The van der Waals surface area contributed by atoms with Crippen LogP contribution in [-0.2, 0) is 0 Å². The molecular formula is C23H21NO7. The maximum absolute atomic E-state index is 12.1. The molecule has 0 aliphatic rings. The van der Waals surface area contributed by atoms with Gasteiger partial charge in [0.1, 0.15) is 28.9 Å². The van der Waals surface area contributed by atoms with Gasteiger partial charge in [-0.1, -0.05) is 24.2 Å². The third kappa shape index (κ3) is 4.92. The number of aromatic nitrogens is 1. The molecule has 8 heteroatoms. The highest BCUT2D eigenvalue weighted by Gasteiger charge is 2.17. The molecule has 1 aromatic heterocycles. The molecule has 1 heterocycles. The maximum Gasteiger partial charge on any atom is 0.358 e. The third-order valence-electron chi connectivity index (χ3n) is 4.51. The van der Waals surface area contributed by atoms with Gasteiger partial charge in [0.05, 0.1) is 0 Å². The van der Waals surface area contributed by atoms with Crippen molar-refractivity contribution >= 4 is 17.8 Å². The molecule has 0 aliphatic heterocycles. The summed E-state index contributed by atoms with van der Waals surface area (Å²) in [6.07, 6.45) is 3.04. The van der Waals surface area contributed by atoms with E-state index >= 15 is 0 Å². The molecule has 0 aliphatic carbocycles. The fraction of sp³-hybridized carbons (Fsp3) is 0.174. The van der Waals surface area contributed by atoms with E-state index in [0.29, 0.717) is 11.1 Å². The first-order chi connectivity index (χ1) is 14.8. The van der Waals surface area contributed by atoms with E-state index in [1.165, 1.54) is 18.2 Å². The number of aromatic hydroxyl groups is 2. The fourth-order valence-corrected chi connectivity index (χ4v) is 2.91. The van der Waals surface area contributed by atoms with Crippen molar-refractivity contribution in [3.8, 4) is 28.6 Å². The van der Waals surface area contributed by atoms with Crippen molar-refractivity contribution in [1.82, 2.24) is 5.16 Å². The lowest BCUT2D eigenvalue weighted by Crippen LogP contribution is -2.11. The molecule has 0 radical (unpaired) electrons. The summed E-state index contributed by atoms with van der Waals surface area (Å²) in [5.41, 5.74) is 0.900. The summed E-state index contributed by atoms with van der Waals surface area (Å²) in [5, 5.41) is 32.6. The first kappa shape index (κ1) is 21.6. The van der Waals surface area contributed by atoms with Crippen LogP contribution in [0.15, 0.2) is 53.1 Å². The van der Waals surface area contributed by atoms with Crippen molar-refractivity contribution in [2.75, 3.05) is 0 Å². The summed E-state index contributed by atoms with van der Waals surface area (Å²) in [5.74, 6) is -1.05. The summed E-state index contributed by atoms with van der Waals surface area (Å²) in [6.45, 7) is 3.45. The molecule has 0 spiro atoms. The first-order valence-corrected chi connectivity index (χ1v) is 9.53. The minimum atomic E-state index is -1.20. The van der Waals surface area contributed by atoms with Crippen LogP contribution in [0.4, 0.5) is 0 Å². The van der Waals surface area contributed by atoms with E-state index in [2.05, 4.69) is 5.16 Å². The van der Waals surface area contributed by atoms with Crippen LogP contribution in [0.25, 0.3) is 17.4 Å². The molecule has 0 saturated heterocycles. The number of benzene rings is 2. The van der Waals surface area contributed by atoms with Gasteiger partial charge in [0.25, 0.3) is 0 Å². The van der Waals surface area contributed by atoms with Crippen molar-refractivity contribution in [2.45, 2.75) is 26.4 Å². The third-order valence-corrected chi connectivity index (χ3v) is 4.51. The van der Waals surface area contributed by atoms with E-state index in [1.54, 1.807) is 50.3 Å². The van der Waals surface area contributed by atoms with Crippen molar-refractivity contribution in [2.24, 2.45) is 0 Å². The number of carboxylic acid groups (broad SMARTS) is 1. The standard InChI is InChI=1S/C23H21NO7/c1-3-17(25)22-19(27)5-4-6-20(22)30-13(2)7-8-14-11-15(9-10-18(14)26)21-12-16(23(28)29)24-31-21/h4-13,26-27H,3H2,1-2H3,(H,28,29)/b8-7+. The number of carbonyl (C=O) groups excluding carboxylic acids is 1. The minimum Gasteiger partial charge on any atom is -0.507 e. The predicted molar refractivity (Wildman–Crippen MR) is 112 cm³/mol. The number of ketones is 1. The molecule has 3 aromatic rings.